The quantitative estimate of drug-likeness (QED) is 0.738. The minimum atomic E-state index is -0.0661. The summed E-state index contributed by atoms with van der Waals surface area (Å²) in [5, 5.41) is 15.1. The highest BCUT2D eigenvalue weighted by molar-refractivity contribution is 5.94. The third-order valence-electron chi connectivity index (χ3n) is 5.03. The third-order valence-corrected chi connectivity index (χ3v) is 5.03. The Labute approximate surface area is 164 Å². The highest BCUT2D eigenvalue weighted by atomic mass is 16.1. The molecule has 2 aromatic carbocycles. The maximum absolute atomic E-state index is 12.6. The van der Waals surface area contributed by atoms with E-state index in [1.807, 2.05) is 12.1 Å². The lowest BCUT2D eigenvalue weighted by atomic mass is 9.99. The van der Waals surface area contributed by atoms with Gasteiger partial charge in [-0.2, -0.15) is 4.80 Å². The first-order valence-corrected chi connectivity index (χ1v) is 9.53. The van der Waals surface area contributed by atoms with E-state index < -0.39 is 0 Å². The monoisotopic (exact) mass is 376 g/mol. The summed E-state index contributed by atoms with van der Waals surface area (Å²) < 4.78 is 0. The van der Waals surface area contributed by atoms with E-state index in [0.29, 0.717) is 11.4 Å². The molecule has 144 valence electrons. The summed E-state index contributed by atoms with van der Waals surface area (Å²) in [7, 11) is 1.72. The van der Waals surface area contributed by atoms with Crippen molar-refractivity contribution in [2.75, 3.05) is 13.1 Å². The van der Waals surface area contributed by atoms with Crippen LogP contribution in [0.25, 0.3) is 11.4 Å². The normalized spacial score (nSPS) is 15.1. The van der Waals surface area contributed by atoms with Gasteiger partial charge in [0.2, 0.25) is 5.82 Å². The van der Waals surface area contributed by atoms with Crippen LogP contribution in [0.5, 0.6) is 0 Å². The van der Waals surface area contributed by atoms with Crippen LogP contribution in [0, 0.1) is 0 Å². The van der Waals surface area contributed by atoms with Gasteiger partial charge in [0.25, 0.3) is 5.91 Å². The Morgan fingerprint density at radius 2 is 1.89 bits per heavy atom. The zero-order valence-corrected chi connectivity index (χ0v) is 16.2. The van der Waals surface area contributed by atoms with Crippen molar-refractivity contribution in [1.29, 1.82) is 0 Å². The number of aryl methyl sites for hydroxylation is 1. The highest BCUT2D eigenvalue weighted by Gasteiger charge is 2.19. The number of rotatable bonds is 5. The predicted octanol–water partition coefficient (Wildman–Crippen LogP) is 2.05. The molecular formula is C21H24N6O. The molecule has 0 saturated heterocycles. The van der Waals surface area contributed by atoms with E-state index in [1.165, 1.54) is 15.9 Å². The molecule has 0 bridgehead atoms. The van der Waals surface area contributed by atoms with Crippen LogP contribution in [0.15, 0.2) is 48.5 Å². The Morgan fingerprint density at radius 1 is 1.14 bits per heavy atom. The summed E-state index contributed by atoms with van der Waals surface area (Å²) in [6.45, 7) is 4.85. The molecule has 0 aliphatic carbocycles. The number of tetrazole rings is 1. The van der Waals surface area contributed by atoms with Gasteiger partial charge in [0, 0.05) is 36.8 Å². The molecular weight excluding hydrogens is 352 g/mol. The lowest BCUT2D eigenvalue weighted by Crippen LogP contribution is -2.43. The Bertz CT molecular complexity index is 965. The number of carbonyl (C=O) groups excluding carboxylic acids is 1. The number of fused-ring (bicyclic) bond motifs is 1. The minimum absolute atomic E-state index is 0.0661. The van der Waals surface area contributed by atoms with Gasteiger partial charge >= 0.3 is 0 Å². The van der Waals surface area contributed by atoms with Crippen LogP contribution in [-0.2, 0) is 20.0 Å². The van der Waals surface area contributed by atoms with E-state index in [2.05, 4.69) is 56.8 Å². The van der Waals surface area contributed by atoms with Crippen molar-refractivity contribution in [2.24, 2.45) is 7.05 Å². The molecule has 1 N–H and O–H groups in total. The molecule has 1 aliphatic heterocycles. The fraction of sp³-hybridized carbons (Fsp3) is 0.333. The van der Waals surface area contributed by atoms with Gasteiger partial charge in [-0.1, -0.05) is 36.4 Å². The standard InChI is InChI=1S/C21H24N6O/c1-15(13-27-12-11-16-5-3-4-6-19(16)14-27)22-21(28)18-9-7-17(8-10-18)20-23-25-26(2)24-20/h3-10,15H,11-14H2,1-2H3,(H,22,28)/t15-/m1/s1. The van der Waals surface area contributed by atoms with Gasteiger partial charge in [-0.05, 0) is 41.8 Å². The molecule has 7 heteroatoms. The molecule has 28 heavy (non-hydrogen) atoms. The topological polar surface area (TPSA) is 75.9 Å². The maximum Gasteiger partial charge on any atom is 0.251 e. The minimum Gasteiger partial charge on any atom is -0.348 e. The van der Waals surface area contributed by atoms with Gasteiger partial charge in [-0.3, -0.25) is 9.69 Å². The van der Waals surface area contributed by atoms with Crippen molar-refractivity contribution in [3.05, 3.63) is 65.2 Å². The first-order chi connectivity index (χ1) is 13.6. The van der Waals surface area contributed by atoms with Crippen molar-refractivity contribution in [2.45, 2.75) is 25.9 Å². The van der Waals surface area contributed by atoms with Crippen LogP contribution in [0.4, 0.5) is 0 Å². The number of benzene rings is 2. The highest BCUT2D eigenvalue weighted by Crippen LogP contribution is 2.18. The Balaban J connectivity index is 1.33. The van der Waals surface area contributed by atoms with E-state index in [-0.39, 0.29) is 11.9 Å². The molecule has 2 heterocycles. The number of hydrogen-bond donors (Lipinski definition) is 1. The van der Waals surface area contributed by atoms with Gasteiger partial charge in [0.1, 0.15) is 0 Å². The van der Waals surface area contributed by atoms with E-state index in [9.17, 15) is 4.79 Å². The Kier molecular flexibility index (Phi) is 5.16. The van der Waals surface area contributed by atoms with Gasteiger partial charge in [-0.25, -0.2) is 0 Å². The largest absolute Gasteiger partial charge is 0.348 e. The first-order valence-electron chi connectivity index (χ1n) is 9.53. The fourth-order valence-electron chi connectivity index (χ4n) is 3.62. The van der Waals surface area contributed by atoms with Crippen LogP contribution < -0.4 is 5.32 Å². The average molecular weight is 376 g/mol. The molecule has 4 rings (SSSR count). The summed E-state index contributed by atoms with van der Waals surface area (Å²) in [4.78, 5) is 16.4. The second-order valence-corrected chi connectivity index (χ2v) is 7.31. The molecule has 1 atom stereocenters. The van der Waals surface area contributed by atoms with E-state index >= 15 is 0 Å². The zero-order chi connectivity index (χ0) is 19.5. The van der Waals surface area contributed by atoms with Crippen molar-refractivity contribution in [3.63, 3.8) is 0 Å². The second-order valence-electron chi connectivity index (χ2n) is 7.31. The SMILES string of the molecule is C[C@H](CN1CCc2ccccc2C1)NC(=O)c1ccc(-c2nnn(C)n2)cc1. The number of amides is 1. The zero-order valence-electron chi connectivity index (χ0n) is 16.2. The molecule has 0 unspecified atom stereocenters. The smallest absolute Gasteiger partial charge is 0.251 e. The molecule has 0 spiro atoms. The molecule has 0 fully saturated rings. The number of aromatic nitrogens is 4. The van der Waals surface area contributed by atoms with E-state index in [0.717, 1.165) is 31.6 Å². The van der Waals surface area contributed by atoms with Crippen LogP contribution in [0.2, 0.25) is 0 Å². The van der Waals surface area contributed by atoms with Crippen LogP contribution in [0.1, 0.15) is 28.4 Å². The molecule has 1 aromatic heterocycles. The predicted molar refractivity (Wildman–Crippen MR) is 107 cm³/mol. The number of carbonyl (C=O) groups is 1. The Morgan fingerprint density at radius 3 is 2.61 bits per heavy atom. The van der Waals surface area contributed by atoms with Gasteiger partial charge in [-0.15, -0.1) is 10.2 Å². The molecule has 0 saturated carbocycles. The van der Waals surface area contributed by atoms with Gasteiger partial charge < -0.3 is 5.32 Å². The van der Waals surface area contributed by atoms with Gasteiger partial charge in [0.15, 0.2) is 0 Å². The average Bonchev–Trinajstić information content (AvgIpc) is 3.14. The summed E-state index contributed by atoms with van der Waals surface area (Å²) in [6.07, 6.45) is 1.06. The van der Waals surface area contributed by atoms with Gasteiger partial charge in [0.05, 0.1) is 7.05 Å². The van der Waals surface area contributed by atoms with Crippen molar-refractivity contribution in [1.82, 2.24) is 30.4 Å². The first kappa shape index (κ1) is 18.3. The van der Waals surface area contributed by atoms with Crippen molar-refractivity contribution >= 4 is 5.91 Å². The summed E-state index contributed by atoms with van der Waals surface area (Å²) >= 11 is 0. The second kappa shape index (κ2) is 7.90. The van der Waals surface area contributed by atoms with Crippen LogP contribution >= 0.6 is 0 Å². The molecule has 1 amide bonds. The maximum atomic E-state index is 12.6. The third kappa shape index (κ3) is 4.09. The van der Waals surface area contributed by atoms with Crippen LogP contribution in [0.3, 0.4) is 0 Å². The number of nitrogens with one attached hydrogen (secondary N) is 1. The molecule has 1 aliphatic rings. The van der Waals surface area contributed by atoms with Crippen molar-refractivity contribution < 1.29 is 4.79 Å². The fourth-order valence-corrected chi connectivity index (χ4v) is 3.62. The lowest BCUT2D eigenvalue weighted by Gasteiger charge is -2.31. The summed E-state index contributed by atoms with van der Waals surface area (Å²) in [6, 6.07) is 15.9. The molecule has 7 nitrogen and oxygen atoms in total. The summed E-state index contributed by atoms with van der Waals surface area (Å²) in [5.41, 5.74) is 4.29. The van der Waals surface area contributed by atoms with Crippen LogP contribution in [-0.4, -0.2) is 50.1 Å². The van der Waals surface area contributed by atoms with Crippen molar-refractivity contribution in [3.8, 4) is 11.4 Å². The van der Waals surface area contributed by atoms with E-state index in [1.54, 1.807) is 19.2 Å². The number of hydrogen-bond acceptors (Lipinski definition) is 5. The molecule has 3 aromatic rings. The van der Waals surface area contributed by atoms with E-state index in [4.69, 9.17) is 0 Å². The molecule has 0 radical (unpaired) electrons. The Hall–Kier alpha value is -3.06. The summed E-state index contributed by atoms with van der Waals surface area (Å²) in [5.74, 6) is 0.483. The number of nitrogens with zero attached hydrogens (tertiary/aromatic N) is 5. The lowest BCUT2D eigenvalue weighted by molar-refractivity contribution is 0.0927.